The van der Waals surface area contributed by atoms with Crippen LogP contribution in [0.1, 0.15) is 18.4 Å². The summed E-state index contributed by atoms with van der Waals surface area (Å²) in [5.41, 5.74) is 1.85. The number of fused-ring (bicyclic) bond motifs is 1. The lowest BCUT2D eigenvalue weighted by molar-refractivity contribution is -0.116. The minimum atomic E-state index is -0.0987. The van der Waals surface area contributed by atoms with Crippen LogP contribution in [0.5, 0.6) is 0 Å². The zero-order chi connectivity index (χ0) is 14.5. The number of pyridine rings is 1. The fourth-order valence-corrected chi connectivity index (χ4v) is 2.51. The molecule has 0 aliphatic carbocycles. The number of ether oxygens (including phenoxy) is 1. The average Bonchev–Trinajstić information content (AvgIpc) is 3.04. The van der Waals surface area contributed by atoms with Gasteiger partial charge in [-0.25, -0.2) is 0 Å². The zero-order valence-corrected chi connectivity index (χ0v) is 11.8. The van der Waals surface area contributed by atoms with Crippen LogP contribution in [0.4, 0.5) is 0 Å². The Bertz CT molecular complexity index is 655. The van der Waals surface area contributed by atoms with Crippen molar-refractivity contribution in [2.75, 3.05) is 13.2 Å². The van der Waals surface area contributed by atoms with Crippen molar-refractivity contribution < 1.29 is 9.53 Å². The van der Waals surface area contributed by atoms with Crippen LogP contribution in [0, 0.1) is 0 Å². The Labute approximate surface area is 123 Å². The van der Waals surface area contributed by atoms with Crippen LogP contribution in [0.25, 0.3) is 17.0 Å². The van der Waals surface area contributed by atoms with Crippen molar-refractivity contribution in [2.45, 2.75) is 18.9 Å². The Hall–Kier alpha value is -2.20. The fraction of sp³-hybridized carbons (Fsp3) is 0.294. The van der Waals surface area contributed by atoms with Crippen molar-refractivity contribution in [2.24, 2.45) is 0 Å². The quantitative estimate of drug-likeness (QED) is 0.877. The van der Waals surface area contributed by atoms with Crippen LogP contribution < -0.4 is 5.32 Å². The molecule has 4 nitrogen and oxygen atoms in total. The Morgan fingerprint density at radius 1 is 1.38 bits per heavy atom. The highest BCUT2D eigenvalue weighted by molar-refractivity contribution is 5.95. The van der Waals surface area contributed by atoms with Gasteiger partial charge in [0.25, 0.3) is 0 Å². The number of para-hydroxylation sites is 1. The Morgan fingerprint density at radius 2 is 2.29 bits per heavy atom. The lowest BCUT2D eigenvalue weighted by Gasteiger charge is -2.08. The van der Waals surface area contributed by atoms with Gasteiger partial charge in [0, 0.05) is 36.4 Å². The molecule has 3 rings (SSSR count). The molecule has 4 heteroatoms. The van der Waals surface area contributed by atoms with E-state index in [2.05, 4.69) is 10.3 Å². The summed E-state index contributed by atoms with van der Waals surface area (Å²) in [5.74, 6) is -0.0987. The van der Waals surface area contributed by atoms with Gasteiger partial charge in [0.15, 0.2) is 0 Å². The van der Waals surface area contributed by atoms with E-state index in [1.165, 1.54) is 0 Å². The van der Waals surface area contributed by atoms with E-state index in [-0.39, 0.29) is 12.0 Å². The molecular formula is C17H18N2O2. The number of hydrogen-bond acceptors (Lipinski definition) is 3. The Kier molecular flexibility index (Phi) is 4.26. The molecule has 1 atom stereocenters. The molecule has 1 unspecified atom stereocenters. The molecule has 1 aliphatic heterocycles. The molecule has 2 heterocycles. The summed E-state index contributed by atoms with van der Waals surface area (Å²) in [7, 11) is 0. The molecule has 1 aromatic heterocycles. The van der Waals surface area contributed by atoms with Crippen molar-refractivity contribution >= 4 is 22.9 Å². The maximum absolute atomic E-state index is 11.8. The normalized spacial score (nSPS) is 18.4. The van der Waals surface area contributed by atoms with Crippen LogP contribution in [0.3, 0.4) is 0 Å². The maximum atomic E-state index is 11.8. The van der Waals surface area contributed by atoms with Gasteiger partial charge >= 0.3 is 0 Å². The van der Waals surface area contributed by atoms with Gasteiger partial charge < -0.3 is 10.1 Å². The number of hydrogen-bond donors (Lipinski definition) is 1. The second kappa shape index (κ2) is 6.50. The van der Waals surface area contributed by atoms with Gasteiger partial charge in [-0.1, -0.05) is 24.3 Å². The number of nitrogens with zero attached hydrogens (tertiary/aromatic N) is 1. The van der Waals surface area contributed by atoms with E-state index in [0.29, 0.717) is 6.54 Å². The van der Waals surface area contributed by atoms with Crippen molar-refractivity contribution in [3.05, 3.63) is 48.2 Å². The highest BCUT2D eigenvalue weighted by Crippen LogP contribution is 2.17. The first-order valence-corrected chi connectivity index (χ1v) is 7.24. The van der Waals surface area contributed by atoms with Crippen LogP contribution in [-0.2, 0) is 9.53 Å². The first-order valence-electron chi connectivity index (χ1n) is 7.24. The lowest BCUT2D eigenvalue weighted by Crippen LogP contribution is -2.30. The minimum absolute atomic E-state index is 0.0987. The molecule has 0 spiro atoms. The zero-order valence-electron chi connectivity index (χ0n) is 11.8. The fourth-order valence-electron chi connectivity index (χ4n) is 2.51. The molecule has 1 N–H and O–H groups in total. The molecule has 1 amide bonds. The second-order valence-electron chi connectivity index (χ2n) is 5.14. The van der Waals surface area contributed by atoms with Crippen molar-refractivity contribution in [3.63, 3.8) is 0 Å². The number of carbonyl (C=O) groups excluding carboxylic acids is 1. The third-order valence-corrected chi connectivity index (χ3v) is 3.61. The number of carbonyl (C=O) groups is 1. The van der Waals surface area contributed by atoms with Crippen LogP contribution in [0.2, 0.25) is 0 Å². The SMILES string of the molecule is O=C(C=Cc1cccc2cccnc12)NCC1CCCO1. The molecule has 108 valence electrons. The minimum Gasteiger partial charge on any atom is -0.376 e. The number of rotatable bonds is 4. The van der Waals surface area contributed by atoms with E-state index in [4.69, 9.17) is 4.74 Å². The number of nitrogens with one attached hydrogen (secondary N) is 1. The monoisotopic (exact) mass is 282 g/mol. The van der Waals surface area contributed by atoms with E-state index >= 15 is 0 Å². The summed E-state index contributed by atoms with van der Waals surface area (Å²) >= 11 is 0. The van der Waals surface area contributed by atoms with Crippen LogP contribution in [-0.4, -0.2) is 30.1 Å². The molecule has 1 aliphatic rings. The highest BCUT2D eigenvalue weighted by Gasteiger charge is 2.15. The van der Waals surface area contributed by atoms with Gasteiger partial charge in [0.1, 0.15) is 0 Å². The van der Waals surface area contributed by atoms with E-state index in [1.54, 1.807) is 18.3 Å². The summed E-state index contributed by atoms with van der Waals surface area (Å²) < 4.78 is 5.47. The average molecular weight is 282 g/mol. The third kappa shape index (κ3) is 3.47. The van der Waals surface area contributed by atoms with Gasteiger partial charge in [-0.15, -0.1) is 0 Å². The van der Waals surface area contributed by atoms with Crippen LogP contribution in [0.15, 0.2) is 42.6 Å². The summed E-state index contributed by atoms with van der Waals surface area (Å²) in [6, 6.07) is 9.85. The molecule has 2 aromatic rings. The van der Waals surface area contributed by atoms with Gasteiger partial charge in [-0.2, -0.15) is 0 Å². The van der Waals surface area contributed by atoms with Crippen LogP contribution >= 0.6 is 0 Å². The summed E-state index contributed by atoms with van der Waals surface area (Å²) in [6.45, 7) is 1.38. The van der Waals surface area contributed by atoms with E-state index in [9.17, 15) is 4.79 Å². The molecule has 21 heavy (non-hydrogen) atoms. The maximum Gasteiger partial charge on any atom is 0.244 e. The first kappa shape index (κ1) is 13.8. The topological polar surface area (TPSA) is 51.2 Å². The number of amides is 1. The molecular weight excluding hydrogens is 264 g/mol. The second-order valence-corrected chi connectivity index (χ2v) is 5.14. The van der Waals surface area contributed by atoms with E-state index in [1.807, 2.05) is 30.3 Å². The van der Waals surface area contributed by atoms with Gasteiger partial charge in [-0.05, 0) is 25.0 Å². The molecule has 0 saturated carbocycles. The molecule has 0 bridgehead atoms. The standard InChI is InChI=1S/C17H18N2O2/c20-16(19-12-15-7-3-11-21-15)9-8-14-5-1-4-13-6-2-10-18-17(13)14/h1-2,4-6,8-10,15H,3,7,11-12H2,(H,19,20). The Morgan fingerprint density at radius 3 is 3.14 bits per heavy atom. The van der Waals surface area contributed by atoms with E-state index in [0.717, 1.165) is 35.9 Å². The number of aromatic nitrogens is 1. The number of benzene rings is 1. The smallest absolute Gasteiger partial charge is 0.244 e. The molecule has 1 fully saturated rings. The highest BCUT2D eigenvalue weighted by atomic mass is 16.5. The summed E-state index contributed by atoms with van der Waals surface area (Å²) in [5, 5.41) is 3.94. The Balaban J connectivity index is 1.65. The largest absolute Gasteiger partial charge is 0.376 e. The van der Waals surface area contributed by atoms with Crippen molar-refractivity contribution in [1.82, 2.24) is 10.3 Å². The van der Waals surface area contributed by atoms with E-state index < -0.39 is 0 Å². The predicted molar refractivity (Wildman–Crippen MR) is 82.8 cm³/mol. The molecule has 1 saturated heterocycles. The molecule has 0 radical (unpaired) electrons. The van der Waals surface area contributed by atoms with Gasteiger partial charge in [0.2, 0.25) is 5.91 Å². The molecule has 1 aromatic carbocycles. The predicted octanol–water partition coefficient (Wildman–Crippen LogP) is 2.54. The summed E-state index contributed by atoms with van der Waals surface area (Å²) in [6.07, 6.45) is 7.40. The first-order chi connectivity index (χ1) is 10.3. The summed E-state index contributed by atoms with van der Waals surface area (Å²) in [4.78, 5) is 16.2. The van der Waals surface area contributed by atoms with Crippen molar-refractivity contribution in [1.29, 1.82) is 0 Å². The third-order valence-electron chi connectivity index (χ3n) is 3.61. The van der Waals surface area contributed by atoms with Crippen molar-refractivity contribution in [3.8, 4) is 0 Å². The lowest BCUT2D eigenvalue weighted by atomic mass is 10.1. The van der Waals surface area contributed by atoms with Gasteiger partial charge in [-0.3, -0.25) is 9.78 Å². The van der Waals surface area contributed by atoms with Gasteiger partial charge in [0.05, 0.1) is 11.6 Å².